The molecule has 3 aromatic heterocycles. The molecule has 2 saturated carbocycles. The van der Waals surface area contributed by atoms with Crippen LogP contribution in [0.4, 0.5) is 4.39 Å². The van der Waals surface area contributed by atoms with Crippen molar-refractivity contribution in [3.05, 3.63) is 47.4 Å². The number of carbonyl (C=O) groups excluding carboxylic acids is 1. The van der Waals surface area contributed by atoms with Gasteiger partial charge < -0.3 is 19.1 Å². The van der Waals surface area contributed by atoms with E-state index in [1.807, 2.05) is 24.1 Å². The Balaban J connectivity index is 1.30. The van der Waals surface area contributed by atoms with Gasteiger partial charge in [-0.05, 0) is 87.6 Å². The van der Waals surface area contributed by atoms with Gasteiger partial charge in [0.05, 0.1) is 16.9 Å². The number of benzene rings is 1. The summed E-state index contributed by atoms with van der Waals surface area (Å²) >= 11 is 0. The number of hydrogen-bond donors (Lipinski definition) is 1. The number of rotatable bonds is 5. The molecular formula is C31H36FN5O2. The normalized spacial score (nSPS) is 21.7. The molecule has 204 valence electrons. The molecule has 0 radical (unpaired) electrons. The van der Waals surface area contributed by atoms with Gasteiger partial charge in [-0.25, -0.2) is 14.4 Å². The van der Waals surface area contributed by atoms with Crippen molar-refractivity contribution < 1.29 is 14.3 Å². The highest BCUT2D eigenvalue weighted by Gasteiger charge is 2.35. The molecule has 7 nitrogen and oxygen atoms in total. The molecule has 1 aromatic carbocycles. The molecule has 39 heavy (non-hydrogen) atoms. The Morgan fingerprint density at radius 3 is 2.64 bits per heavy atom. The van der Waals surface area contributed by atoms with Crippen molar-refractivity contribution in [2.45, 2.75) is 64.5 Å². The van der Waals surface area contributed by atoms with Gasteiger partial charge in [-0.2, -0.15) is 0 Å². The summed E-state index contributed by atoms with van der Waals surface area (Å²) in [6.45, 7) is 5.79. The molecule has 2 aliphatic carbocycles. The Morgan fingerprint density at radius 2 is 1.87 bits per heavy atom. The van der Waals surface area contributed by atoms with E-state index in [9.17, 15) is 9.90 Å². The van der Waals surface area contributed by atoms with Gasteiger partial charge in [0.25, 0.3) is 5.91 Å². The smallest absolute Gasteiger partial charge is 0.254 e. The highest BCUT2D eigenvalue weighted by molar-refractivity contribution is 5.98. The van der Waals surface area contributed by atoms with Crippen LogP contribution in [-0.4, -0.2) is 48.1 Å². The van der Waals surface area contributed by atoms with Crippen molar-refractivity contribution in [1.29, 1.82) is 0 Å². The lowest BCUT2D eigenvalue weighted by molar-refractivity contribution is 0.0626. The maximum atomic E-state index is 15.6. The van der Waals surface area contributed by atoms with E-state index in [0.717, 1.165) is 48.7 Å². The quantitative estimate of drug-likeness (QED) is 0.364. The zero-order valence-corrected chi connectivity index (χ0v) is 23.0. The topological polar surface area (TPSA) is 76.2 Å². The number of aryl methyl sites for hydroxylation is 1. The average molecular weight is 530 g/mol. The van der Waals surface area contributed by atoms with Gasteiger partial charge in [0.1, 0.15) is 22.6 Å². The van der Waals surface area contributed by atoms with Gasteiger partial charge in [-0.1, -0.05) is 12.8 Å². The summed E-state index contributed by atoms with van der Waals surface area (Å²) in [6, 6.07) is 9.03. The second-order valence-electron chi connectivity index (χ2n) is 12.6. The number of fused-ring (bicyclic) bond motifs is 3. The van der Waals surface area contributed by atoms with Gasteiger partial charge in [0.15, 0.2) is 5.82 Å². The van der Waals surface area contributed by atoms with Crippen molar-refractivity contribution in [2.75, 3.05) is 13.1 Å². The van der Waals surface area contributed by atoms with E-state index in [2.05, 4.69) is 10.6 Å². The fourth-order valence-electron chi connectivity index (χ4n) is 6.84. The summed E-state index contributed by atoms with van der Waals surface area (Å²) in [6.07, 6.45) is 7.10. The fraction of sp³-hybridized carbons (Fsp3) is 0.516. The minimum absolute atomic E-state index is 0.0976. The van der Waals surface area contributed by atoms with Crippen LogP contribution in [0.3, 0.4) is 0 Å². The van der Waals surface area contributed by atoms with Crippen LogP contribution < -0.4 is 0 Å². The van der Waals surface area contributed by atoms with Gasteiger partial charge in [0.2, 0.25) is 0 Å². The zero-order valence-electron chi connectivity index (χ0n) is 23.0. The summed E-state index contributed by atoms with van der Waals surface area (Å²) in [4.78, 5) is 25.1. The Bertz CT molecular complexity index is 1610. The summed E-state index contributed by atoms with van der Waals surface area (Å²) in [5.74, 6) is 2.01. The van der Waals surface area contributed by atoms with Crippen molar-refractivity contribution in [3.63, 3.8) is 0 Å². The monoisotopic (exact) mass is 529 g/mol. The highest BCUT2D eigenvalue weighted by Crippen LogP contribution is 2.39. The molecule has 3 aliphatic rings. The molecule has 3 fully saturated rings. The lowest BCUT2D eigenvalue weighted by Crippen LogP contribution is -2.42. The van der Waals surface area contributed by atoms with Crippen molar-refractivity contribution in [1.82, 2.24) is 24.0 Å². The zero-order chi connectivity index (χ0) is 27.1. The first-order valence-corrected chi connectivity index (χ1v) is 14.4. The molecule has 4 heterocycles. The summed E-state index contributed by atoms with van der Waals surface area (Å²) in [7, 11) is 1.83. The standard InChI is InChI=1S/C31H36FN5O2/c1-31(2,39)26-10-9-20-15-25(37(28(20)34-26)16-18-7-8-18)29-33-24-14-22(13-23(32)27(24)35(29)3)30(38)36-12-11-19-5-4-6-21(19)17-36/h9-10,13-15,18-19,21,39H,4-8,11-12,16-17H2,1-3H3/t19-,21+/m1/s1. The number of nitrogens with zero attached hydrogens (tertiary/aromatic N) is 5. The van der Waals surface area contributed by atoms with E-state index in [0.29, 0.717) is 40.0 Å². The van der Waals surface area contributed by atoms with Gasteiger partial charge in [0, 0.05) is 37.6 Å². The van der Waals surface area contributed by atoms with Crippen LogP contribution in [0.5, 0.6) is 0 Å². The van der Waals surface area contributed by atoms with E-state index in [4.69, 9.17) is 9.97 Å². The molecule has 0 bridgehead atoms. The van der Waals surface area contributed by atoms with Crippen LogP contribution in [-0.2, 0) is 19.2 Å². The molecule has 7 rings (SSSR count). The van der Waals surface area contributed by atoms with E-state index in [-0.39, 0.29) is 5.91 Å². The number of hydrogen-bond acceptors (Lipinski definition) is 4. The SMILES string of the molecule is Cn1c(-c2cc3ccc(C(C)(C)O)nc3n2CC2CC2)nc2cc(C(=O)N3CC[C@H]4CCC[C@H]4C3)cc(F)c21. The number of pyridine rings is 1. The number of halogens is 1. The highest BCUT2D eigenvalue weighted by atomic mass is 19.1. The van der Waals surface area contributed by atoms with Crippen LogP contribution in [0.25, 0.3) is 33.6 Å². The lowest BCUT2D eigenvalue weighted by Gasteiger charge is -2.35. The van der Waals surface area contributed by atoms with Crippen LogP contribution >= 0.6 is 0 Å². The molecule has 1 N–H and O–H groups in total. The first-order chi connectivity index (χ1) is 18.7. The molecular weight excluding hydrogens is 493 g/mol. The Kier molecular flexibility index (Phi) is 5.64. The van der Waals surface area contributed by atoms with Crippen LogP contribution in [0.1, 0.15) is 68.4 Å². The number of piperidine rings is 1. The van der Waals surface area contributed by atoms with Gasteiger partial charge >= 0.3 is 0 Å². The molecule has 8 heteroatoms. The van der Waals surface area contributed by atoms with Gasteiger partial charge in [-0.3, -0.25) is 4.79 Å². The molecule has 4 aromatic rings. The third-order valence-corrected chi connectivity index (χ3v) is 9.24. The van der Waals surface area contributed by atoms with Crippen molar-refractivity contribution in [3.8, 4) is 11.5 Å². The molecule has 1 amide bonds. The number of amides is 1. The minimum atomic E-state index is -1.06. The largest absolute Gasteiger partial charge is 0.384 e. The summed E-state index contributed by atoms with van der Waals surface area (Å²) < 4.78 is 19.6. The minimum Gasteiger partial charge on any atom is -0.384 e. The van der Waals surface area contributed by atoms with E-state index < -0.39 is 11.4 Å². The van der Waals surface area contributed by atoms with Crippen LogP contribution in [0, 0.1) is 23.6 Å². The number of imidazole rings is 1. The number of aliphatic hydroxyl groups is 1. The Labute approximate surface area is 227 Å². The van der Waals surface area contributed by atoms with E-state index in [1.165, 1.54) is 38.2 Å². The molecule has 2 atom stereocenters. The molecule has 0 unspecified atom stereocenters. The van der Waals surface area contributed by atoms with Crippen LogP contribution in [0.15, 0.2) is 30.3 Å². The predicted molar refractivity (Wildman–Crippen MR) is 149 cm³/mol. The first-order valence-electron chi connectivity index (χ1n) is 14.4. The van der Waals surface area contributed by atoms with Gasteiger partial charge in [-0.15, -0.1) is 0 Å². The second kappa shape index (κ2) is 8.88. The molecule has 0 spiro atoms. The Morgan fingerprint density at radius 1 is 1.08 bits per heavy atom. The lowest BCUT2D eigenvalue weighted by atomic mass is 9.88. The summed E-state index contributed by atoms with van der Waals surface area (Å²) in [5.41, 5.74) is 2.47. The maximum absolute atomic E-state index is 15.6. The second-order valence-corrected chi connectivity index (χ2v) is 12.6. The molecule has 1 saturated heterocycles. The summed E-state index contributed by atoms with van der Waals surface area (Å²) in [5, 5.41) is 11.5. The molecule has 1 aliphatic heterocycles. The Hall–Kier alpha value is -3.26. The maximum Gasteiger partial charge on any atom is 0.254 e. The number of aromatic nitrogens is 4. The average Bonchev–Trinajstić information content (AvgIpc) is 3.32. The third-order valence-electron chi connectivity index (χ3n) is 9.24. The fourth-order valence-corrected chi connectivity index (χ4v) is 6.84. The first kappa shape index (κ1) is 24.8. The van der Waals surface area contributed by atoms with Crippen molar-refractivity contribution in [2.24, 2.45) is 24.8 Å². The van der Waals surface area contributed by atoms with Crippen molar-refractivity contribution >= 4 is 28.0 Å². The third kappa shape index (κ3) is 4.24. The van der Waals surface area contributed by atoms with E-state index >= 15 is 4.39 Å². The number of carbonyl (C=O) groups is 1. The van der Waals surface area contributed by atoms with E-state index in [1.54, 1.807) is 24.5 Å². The van der Waals surface area contributed by atoms with Crippen LogP contribution in [0.2, 0.25) is 0 Å². The number of likely N-dealkylation sites (tertiary alicyclic amines) is 1. The predicted octanol–water partition coefficient (Wildman–Crippen LogP) is 5.63.